The number of ether oxygens (including phenoxy) is 2. The quantitative estimate of drug-likeness (QED) is 0.591. The lowest BCUT2D eigenvalue weighted by Crippen LogP contribution is -2.07. The molecule has 0 unspecified atom stereocenters. The number of anilines is 1. The molecule has 5 nitrogen and oxygen atoms in total. The first-order chi connectivity index (χ1) is 13.5. The van der Waals surface area contributed by atoms with Crippen molar-refractivity contribution < 1.29 is 14.3 Å². The number of thiazole rings is 1. The van der Waals surface area contributed by atoms with Crippen LogP contribution < -0.4 is 14.8 Å². The molecule has 0 saturated carbocycles. The van der Waals surface area contributed by atoms with Crippen LogP contribution in [0.2, 0.25) is 0 Å². The van der Waals surface area contributed by atoms with Crippen LogP contribution in [-0.4, -0.2) is 25.1 Å². The van der Waals surface area contributed by atoms with Crippen molar-refractivity contribution in [2.75, 3.05) is 19.5 Å². The van der Waals surface area contributed by atoms with Gasteiger partial charge in [-0.15, -0.1) is 11.3 Å². The zero-order chi connectivity index (χ0) is 20.1. The van der Waals surface area contributed by atoms with Gasteiger partial charge >= 0.3 is 0 Å². The van der Waals surface area contributed by atoms with Crippen LogP contribution in [0.5, 0.6) is 11.5 Å². The number of nitrogens with one attached hydrogen (secondary N) is 1. The number of aromatic nitrogens is 1. The minimum atomic E-state index is -0.250. The predicted octanol–water partition coefficient (Wildman–Crippen LogP) is 5.10. The highest BCUT2D eigenvalue weighted by molar-refractivity contribution is 7.14. The standard InChI is InChI=1S/C22H22N2O3S/c1-14-5-6-15(2)18(11-14)19-13-28-22(23-19)24-21(25)10-8-16-7-9-17(26-3)12-20(16)27-4/h5-13H,1-4H3,(H,23,24,25). The van der Waals surface area contributed by atoms with Crippen molar-refractivity contribution in [2.24, 2.45) is 0 Å². The average molecular weight is 394 g/mol. The van der Waals surface area contributed by atoms with E-state index in [4.69, 9.17) is 9.47 Å². The van der Waals surface area contributed by atoms with Gasteiger partial charge in [0, 0.05) is 28.6 Å². The van der Waals surface area contributed by atoms with E-state index in [-0.39, 0.29) is 5.91 Å². The number of aryl methyl sites for hydroxylation is 2. The fourth-order valence-electron chi connectivity index (χ4n) is 2.74. The summed E-state index contributed by atoms with van der Waals surface area (Å²) in [6.07, 6.45) is 3.16. The van der Waals surface area contributed by atoms with Crippen LogP contribution in [0.1, 0.15) is 16.7 Å². The van der Waals surface area contributed by atoms with E-state index < -0.39 is 0 Å². The van der Waals surface area contributed by atoms with Crippen molar-refractivity contribution >= 4 is 28.5 Å². The number of benzene rings is 2. The molecule has 0 atom stereocenters. The molecule has 1 amide bonds. The van der Waals surface area contributed by atoms with E-state index in [0.29, 0.717) is 16.6 Å². The van der Waals surface area contributed by atoms with Crippen molar-refractivity contribution in [2.45, 2.75) is 13.8 Å². The summed E-state index contributed by atoms with van der Waals surface area (Å²) in [6, 6.07) is 11.7. The van der Waals surface area contributed by atoms with Crippen LogP contribution in [0.4, 0.5) is 5.13 Å². The Morgan fingerprint density at radius 3 is 2.68 bits per heavy atom. The normalized spacial score (nSPS) is 10.9. The van der Waals surface area contributed by atoms with E-state index in [9.17, 15) is 4.79 Å². The van der Waals surface area contributed by atoms with Crippen molar-refractivity contribution in [1.82, 2.24) is 4.98 Å². The van der Waals surface area contributed by atoms with Gasteiger partial charge in [-0.25, -0.2) is 4.98 Å². The summed E-state index contributed by atoms with van der Waals surface area (Å²) in [4.78, 5) is 16.8. The van der Waals surface area contributed by atoms with Crippen LogP contribution in [0.25, 0.3) is 17.3 Å². The number of carbonyl (C=O) groups is 1. The molecule has 0 aliphatic carbocycles. The summed E-state index contributed by atoms with van der Waals surface area (Å²) in [7, 11) is 3.18. The first-order valence-electron chi connectivity index (χ1n) is 8.74. The summed E-state index contributed by atoms with van der Waals surface area (Å²) in [5.74, 6) is 1.08. The number of rotatable bonds is 6. The van der Waals surface area contributed by atoms with Gasteiger partial charge in [0.1, 0.15) is 11.5 Å². The van der Waals surface area contributed by atoms with Gasteiger partial charge in [0.25, 0.3) is 0 Å². The Bertz CT molecular complexity index is 1020. The molecule has 3 rings (SSSR count). The Balaban J connectivity index is 1.71. The van der Waals surface area contributed by atoms with E-state index >= 15 is 0 Å². The van der Waals surface area contributed by atoms with Crippen molar-refractivity contribution in [3.63, 3.8) is 0 Å². The Hall–Kier alpha value is -3.12. The third kappa shape index (κ3) is 4.58. The Labute approximate surface area is 168 Å². The SMILES string of the molecule is COc1ccc(C=CC(=O)Nc2nc(-c3cc(C)ccc3C)cs2)c(OC)c1. The lowest BCUT2D eigenvalue weighted by atomic mass is 10.0. The van der Waals surface area contributed by atoms with E-state index in [1.807, 2.05) is 17.5 Å². The van der Waals surface area contributed by atoms with E-state index in [2.05, 4.69) is 42.3 Å². The Morgan fingerprint density at radius 2 is 1.93 bits per heavy atom. The van der Waals surface area contributed by atoms with Crippen LogP contribution in [0.3, 0.4) is 0 Å². The zero-order valence-electron chi connectivity index (χ0n) is 16.3. The zero-order valence-corrected chi connectivity index (χ0v) is 17.1. The molecule has 0 spiro atoms. The third-order valence-corrected chi connectivity index (χ3v) is 5.02. The molecule has 6 heteroatoms. The highest BCUT2D eigenvalue weighted by Gasteiger charge is 2.09. The minimum absolute atomic E-state index is 0.250. The van der Waals surface area contributed by atoms with Gasteiger partial charge in [-0.3, -0.25) is 10.1 Å². The topological polar surface area (TPSA) is 60.5 Å². The predicted molar refractivity (Wildman–Crippen MR) is 114 cm³/mol. The van der Waals surface area contributed by atoms with Gasteiger partial charge in [-0.2, -0.15) is 0 Å². The van der Waals surface area contributed by atoms with Crippen molar-refractivity contribution in [3.05, 3.63) is 64.5 Å². The van der Waals surface area contributed by atoms with Crippen molar-refractivity contribution in [1.29, 1.82) is 0 Å². The molecule has 0 bridgehead atoms. The fraction of sp³-hybridized carbons (Fsp3) is 0.182. The first kappa shape index (κ1) is 19.6. The van der Waals surface area contributed by atoms with Gasteiger partial charge in [-0.1, -0.05) is 17.7 Å². The smallest absolute Gasteiger partial charge is 0.250 e. The maximum absolute atomic E-state index is 12.3. The van der Waals surface area contributed by atoms with E-state index in [0.717, 1.165) is 22.4 Å². The lowest BCUT2D eigenvalue weighted by molar-refractivity contribution is -0.111. The number of amides is 1. The highest BCUT2D eigenvalue weighted by atomic mass is 32.1. The lowest BCUT2D eigenvalue weighted by Gasteiger charge is -2.07. The van der Waals surface area contributed by atoms with Gasteiger partial charge in [-0.05, 0) is 43.7 Å². The largest absolute Gasteiger partial charge is 0.497 e. The second-order valence-corrected chi connectivity index (χ2v) is 7.14. The summed E-state index contributed by atoms with van der Waals surface area (Å²) in [6.45, 7) is 4.10. The maximum Gasteiger partial charge on any atom is 0.250 e. The molecular weight excluding hydrogens is 372 g/mol. The molecule has 28 heavy (non-hydrogen) atoms. The van der Waals surface area contributed by atoms with Crippen LogP contribution >= 0.6 is 11.3 Å². The second-order valence-electron chi connectivity index (χ2n) is 6.29. The molecule has 1 heterocycles. The molecule has 2 aromatic carbocycles. The number of carbonyl (C=O) groups excluding carboxylic acids is 1. The minimum Gasteiger partial charge on any atom is -0.497 e. The number of hydrogen-bond acceptors (Lipinski definition) is 5. The molecule has 0 radical (unpaired) electrons. The van der Waals surface area contributed by atoms with Crippen LogP contribution in [-0.2, 0) is 4.79 Å². The average Bonchev–Trinajstić information content (AvgIpc) is 3.16. The molecule has 1 aromatic heterocycles. The number of methoxy groups -OCH3 is 2. The molecular formula is C22H22N2O3S. The molecule has 0 fully saturated rings. The molecule has 0 saturated heterocycles. The maximum atomic E-state index is 12.3. The van der Waals surface area contributed by atoms with Gasteiger partial charge in [0.15, 0.2) is 5.13 Å². The molecule has 144 valence electrons. The van der Waals surface area contributed by atoms with Crippen LogP contribution in [0.15, 0.2) is 47.9 Å². The summed E-state index contributed by atoms with van der Waals surface area (Å²) >= 11 is 1.40. The summed E-state index contributed by atoms with van der Waals surface area (Å²) in [5, 5.41) is 5.33. The Morgan fingerprint density at radius 1 is 1.11 bits per heavy atom. The highest BCUT2D eigenvalue weighted by Crippen LogP contribution is 2.28. The van der Waals surface area contributed by atoms with Gasteiger partial charge < -0.3 is 9.47 Å². The molecule has 3 aromatic rings. The second kappa shape index (κ2) is 8.71. The number of nitrogens with zero attached hydrogens (tertiary/aromatic N) is 1. The first-order valence-corrected chi connectivity index (χ1v) is 9.62. The molecule has 0 aliphatic rings. The summed E-state index contributed by atoms with van der Waals surface area (Å²) < 4.78 is 10.5. The van der Waals surface area contributed by atoms with Crippen molar-refractivity contribution in [3.8, 4) is 22.8 Å². The molecule has 0 aliphatic heterocycles. The number of hydrogen-bond donors (Lipinski definition) is 1. The third-order valence-electron chi connectivity index (χ3n) is 4.26. The van der Waals surface area contributed by atoms with Gasteiger partial charge in [0.2, 0.25) is 5.91 Å². The summed E-state index contributed by atoms with van der Waals surface area (Å²) in [5.41, 5.74) is 5.06. The van der Waals surface area contributed by atoms with E-state index in [1.54, 1.807) is 26.4 Å². The fourth-order valence-corrected chi connectivity index (χ4v) is 3.45. The van der Waals surface area contributed by atoms with E-state index in [1.165, 1.54) is 23.0 Å². The monoisotopic (exact) mass is 394 g/mol. The molecule has 1 N–H and O–H groups in total. The Kier molecular flexibility index (Phi) is 6.11. The van der Waals surface area contributed by atoms with Crippen LogP contribution in [0, 0.1) is 13.8 Å². The van der Waals surface area contributed by atoms with Gasteiger partial charge in [0.05, 0.1) is 19.9 Å².